The SMILES string of the molecule is CCOC(=O)/C(C#N)=C1\SC(Cc2ccc(Br)cc2)C(=O)N1c1ccc(Br)cc1. The van der Waals surface area contributed by atoms with Crippen LogP contribution < -0.4 is 4.90 Å². The van der Waals surface area contributed by atoms with E-state index in [1.165, 1.54) is 16.7 Å². The molecular formula is C21H16Br2N2O3S. The van der Waals surface area contributed by atoms with Crippen LogP contribution in [-0.4, -0.2) is 23.7 Å². The normalized spacial score (nSPS) is 17.8. The van der Waals surface area contributed by atoms with Crippen molar-refractivity contribution in [2.24, 2.45) is 0 Å². The van der Waals surface area contributed by atoms with Crippen LogP contribution in [-0.2, 0) is 20.7 Å². The summed E-state index contributed by atoms with van der Waals surface area (Å²) in [6.45, 7) is 1.82. The van der Waals surface area contributed by atoms with Crippen LogP contribution in [0.1, 0.15) is 12.5 Å². The smallest absolute Gasteiger partial charge is 0.351 e. The molecule has 2 aromatic rings. The molecule has 0 saturated carbocycles. The number of halogens is 2. The van der Waals surface area contributed by atoms with Gasteiger partial charge in [0.05, 0.1) is 11.9 Å². The van der Waals surface area contributed by atoms with Gasteiger partial charge in [0.1, 0.15) is 11.1 Å². The Labute approximate surface area is 190 Å². The maximum Gasteiger partial charge on any atom is 0.351 e. The molecule has 0 N–H and O–H groups in total. The first-order valence-electron chi connectivity index (χ1n) is 8.76. The van der Waals surface area contributed by atoms with Gasteiger partial charge in [0.15, 0.2) is 5.57 Å². The summed E-state index contributed by atoms with van der Waals surface area (Å²) in [6.07, 6.45) is 0.481. The zero-order valence-corrected chi connectivity index (χ0v) is 19.4. The maximum absolute atomic E-state index is 13.3. The van der Waals surface area contributed by atoms with Crippen molar-refractivity contribution in [1.82, 2.24) is 0 Å². The predicted molar refractivity (Wildman–Crippen MR) is 120 cm³/mol. The Hall–Kier alpha value is -2.08. The molecule has 3 rings (SSSR count). The molecule has 2 aromatic carbocycles. The first-order valence-corrected chi connectivity index (χ1v) is 11.2. The molecule has 29 heavy (non-hydrogen) atoms. The highest BCUT2D eigenvalue weighted by atomic mass is 79.9. The monoisotopic (exact) mass is 534 g/mol. The van der Waals surface area contributed by atoms with Crippen molar-refractivity contribution in [2.45, 2.75) is 18.6 Å². The third kappa shape index (κ3) is 4.92. The van der Waals surface area contributed by atoms with E-state index in [4.69, 9.17) is 4.74 Å². The van der Waals surface area contributed by atoms with Gasteiger partial charge in [-0.15, -0.1) is 0 Å². The Morgan fingerprint density at radius 2 is 1.72 bits per heavy atom. The second kappa shape index (κ2) is 9.61. The van der Waals surface area contributed by atoms with Gasteiger partial charge in [0, 0.05) is 14.6 Å². The lowest BCUT2D eigenvalue weighted by molar-refractivity contribution is -0.138. The molecule has 0 aliphatic carbocycles. The standard InChI is InChI=1S/C21H16Br2N2O3S/c1-2-28-21(27)17(12-24)20-25(16-9-7-15(23)8-10-16)19(26)18(29-20)11-13-3-5-14(22)6-4-13/h3-10,18H,2,11H2,1H3/b20-17-. The number of benzene rings is 2. The van der Waals surface area contributed by atoms with Crippen LogP contribution in [0.4, 0.5) is 5.69 Å². The van der Waals surface area contributed by atoms with Crippen LogP contribution in [0, 0.1) is 11.3 Å². The topological polar surface area (TPSA) is 70.4 Å². The van der Waals surface area contributed by atoms with E-state index in [0.717, 1.165) is 14.5 Å². The highest BCUT2D eigenvalue weighted by Crippen LogP contribution is 2.42. The first-order chi connectivity index (χ1) is 13.9. The molecule has 1 unspecified atom stereocenters. The molecule has 8 heteroatoms. The van der Waals surface area contributed by atoms with Crippen LogP contribution in [0.3, 0.4) is 0 Å². The summed E-state index contributed by atoms with van der Waals surface area (Å²) in [4.78, 5) is 27.0. The molecule has 1 amide bonds. The van der Waals surface area contributed by atoms with Crippen LogP contribution in [0.5, 0.6) is 0 Å². The van der Waals surface area contributed by atoms with Gasteiger partial charge in [0.25, 0.3) is 0 Å². The molecule has 1 aliphatic rings. The number of rotatable bonds is 5. The van der Waals surface area contributed by atoms with Crippen LogP contribution >= 0.6 is 43.6 Å². The first kappa shape index (κ1) is 21.6. The minimum Gasteiger partial charge on any atom is -0.462 e. The van der Waals surface area contributed by atoms with Gasteiger partial charge in [0.2, 0.25) is 5.91 Å². The van der Waals surface area contributed by atoms with Crippen molar-refractivity contribution in [3.05, 3.63) is 73.6 Å². The van der Waals surface area contributed by atoms with Gasteiger partial charge >= 0.3 is 5.97 Å². The number of esters is 1. The number of thioether (sulfide) groups is 1. The largest absolute Gasteiger partial charge is 0.462 e. The molecule has 1 atom stereocenters. The summed E-state index contributed by atoms with van der Waals surface area (Å²) < 4.78 is 6.85. The number of ether oxygens (including phenoxy) is 1. The molecule has 1 saturated heterocycles. The molecule has 5 nitrogen and oxygen atoms in total. The second-order valence-electron chi connectivity index (χ2n) is 6.10. The number of carbonyl (C=O) groups excluding carboxylic acids is 2. The Bertz CT molecular complexity index is 998. The van der Waals surface area contributed by atoms with E-state index in [1.807, 2.05) is 42.5 Å². The summed E-state index contributed by atoms with van der Waals surface area (Å²) in [5, 5.41) is 9.47. The summed E-state index contributed by atoms with van der Waals surface area (Å²) in [5.74, 6) is -0.899. The average Bonchev–Trinajstić information content (AvgIpc) is 3.01. The minimum atomic E-state index is -0.725. The minimum absolute atomic E-state index is 0.149. The fourth-order valence-electron chi connectivity index (χ4n) is 2.83. The van der Waals surface area contributed by atoms with Crippen LogP contribution in [0.2, 0.25) is 0 Å². The van der Waals surface area contributed by atoms with E-state index in [-0.39, 0.29) is 18.1 Å². The average molecular weight is 536 g/mol. The van der Waals surface area contributed by atoms with Crippen molar-refractivity contribution in [3.63, 3.8) is 0 Å². The Morgan fingerprint density at radius 1 is 1.14 bits per heavy atom. The molecule has 0 radical (unpaired) electrons. The number of nitrogens with zero attached hydrogens (tertiary/aromatic N) is 2. The van der Waals surface area contributed by atoms with Crippen molar-refractivity contribution in [2.75, 3.05) is 11.5 Å². The van der Waals surface area contributed by atoms with Gasteiger partial charge in [-0.2, -0.15) is 5.26 Å². The van der Waals surface area contributed by atoms with Gasteiger partial charge < -0.3 is 4.74 Å². The number of hydrogen-bond donors (Lipinski definition) is 0. The van der Waals surface area contributed by atoms with Crippen LogP contribution in [0.25, 0.3) is 0 Å². The molecule has 0 spiro atoms. The van der Waals surface area contributed by atoms with Crippen LogP contribution in [0.15, 0.2) is 68.1 Å². The fraction of sp³-hybridized carbons (Fsp3) is 0.190. The van der Waals surface area contributed by atoms with Crippen molar-refractivity contribution >= 4 is 61.2 Å². The van der Waals surface area contributed by atoms with Crippen molar-refractivity contribution in [1.29, 1.82) is 5.26 Å². The number of hydrogen-bond acceptors (Lipinski definition) is 5. The molecule has 1 aliphatic heterocycles. The summed E-state index contributed by atoms with van der Waals surface area (Å²) in [7, 11) is 0. The van der Waals surface area contributed by atoms with Gasteiger partial charge in [-0.05, 0) is 55.3 Å². The van der Waals surface area contributed by atoms with Crippen molar-refractivity contribution < 1.29 is 14.3 Å². The van der Waals surface area contributed by atoms with E-state index in [1.54, 1.807) is 19.1 Å². The fourth-order valence-corrected chi connectivity index (χ4v) is 4.66. The molecule has 1 heterocycles. The number of anilines is 1. The maximum atomic E-state index is 13.3. The number of amides is 1. The highest BCUT2D eigenvalue weighted by molar-refractivity contribution is 9.10. The third-order valence-electron chi connectivity index (χ3n) is 4.18. The van der Waals surface area contributed by atoms with E-state index in [0.29, 0.717) is 17.1 Å². The van der Waals surface area contributed by atoms with Gasteiger partial charge in [-0.3, -0.25) is 9.69 Å². The summed E-state index contributed by atoms with van der Waals surface area (Å²) >= 11 is 8.01. The lowest BCUT2D eigenvalue weighted by atomic mass is 10.1. The highest BCUT2D eigenvalue weighted by Gasteiger charge is 2.41. The van der Waals surface area contributed by atoms with E-state index >= 15 is 0 Å². The molecule has 0 bridgehead atoms. The zero-order valence-electron chi connectivity index (χ0n) is 15.4. The second-order valence-corrected chi connectivity index (χ2v) is 9.12. The predicted octanol–water partition coefficient (Wildman–Crippen LogP) is 5.20. The number of nitriles is 1. The number of carbonyl (C=O) groups is 2. The molecule has 1 fully saturated rings. The molecular weight excluding hydrogens is 520 g/mol. The van der Waals surface area contributed by atoms with E-state index < -0.39 is 11.2 Å². The van der Waals surface area contributed by atoms with Gasteiger partial charge in [-0.25, -0.2) is 4.79 Å². The Morgan fingerprint density at radius 3 is 2.28 bits per heavy atom. The van der Waals surface area contributed by atoms with Gasteiger partial charge in [-0.1, -0.05) is 55.8 Å². The van der Waals surface area contributed by atoms with Crippen molar-refractivity contribution in [3.8, 4) is 6.07 Å². The summed E-state index contributed by atoms with van der Waals surface area (Å²) in [6, 6.07) is 16.8. The summed E-state index contributed by atoms with van der Waals surface area (Å²) in [5.41, 5.74) is 1.42. The third-order valence-corrected chi connectivity index (χ3v) is 6.50. The lowest BCUT2D eigenvalue weighted by Gasteiger charge is -2.18. The van der Waals surface area contributed by atoms with E-state index in [2.05, 4.69) is 31.9 Å². The Kier molecular flexibility index (Phi) is 7.17. The lowest BCUT2D eigenvalue weighted by Crippen LogP contribution is -2.30. The Balaban J connectivity index is 2.02. The molecule has 148 valence electrons. The quantitative estimate of drug-likeness (QED) is 0.299. The van der Waals surface area contributed by atoms with E-state index in [9.17, 15) is 14.9 Å². The molecule has 0 aromatic heterocycles. The zero-order chi connectivity index (χ0) is 21.0.